The van der Waals surface area contributed by atoms with Gasteiger partial charge in [-0.2, -0.15) is 0 Å². The van der Waals surface area contributed by atoms with Crippen LogP contribution in [0.1, 0.15) is 25.8 Å². The average molecular weight is 235 g/mol. The smallest absolute Gasteiger partial charge is 0.0998 e. The first-order valence-electron chi connectivity index (χ1n) is 5.42. The lowest BCUT2D eigenvalue weighted by atomic mass is 9.86. The van der Waals surface area contributed by atoms with Crippen LogP contribution in [0.15, 0.2) is 18.5 Å². The van der Waals surface area contributed by atoms with Crippen LogP contribution in [0.4, 0.5) is 0 Å². The minimum atomic E-state index is 0.121. The van der Waals surface area contributed by atoms with Crippen LogP contribution >= 0.6 is 11.3 Å². The van der Waals surface area contributed by atoms with Gasteiger partial charge in [0.2, 0.25) is 0 Å². The molecular formula is C12H17N3S. The first-order valence-corrected chi connectivity index (χ1v) is 6.23. The van der Waals surface area contributed by atoms with Gasteiger partial charge in [-0.25, -0.2) is 4.98 Å². The van der Waals surface area contributed by atoms with Crippen LogP contribution in [0.2, 0.25) is 0 Å². The Morgan fingerprint density at radius 1 is 1.44 bits per heavy atom. The largest absolute Gasteiger partial charge is 0.327 e. The summed E-state index contributed by atoms with van der Waals surface area (Å²) in [7, 11) is 0. The van der Waals surface area contributed by atoms with E-state index in [4.69, 9.17) is 5.73 Å². The normalized spacial score (nSPS) is 14.2. The number of nitrogens with two attached hydrogens (primary N) is 1. The topological polar surface area (TPSA) is 51.8 Å². The molecule has 0 saturated heterocycles. The van der Waals surface area contributed by atoms with Crippen LogP contribution in [-0.4, -0.2) is 16.0 Å². The Kier molecular flexibility index (Phi) is 2.95. The van der Waals surface area contributed by atoms with E-state index in [0.717, 1.165) is 16.9 Å². The zero-order valence-electron chi connectivity index (χ0n) is 9.90. The molecule has 2 aromatic rings. The molecule has 2 heterocycles. The number of rotatable bonds is 2. The molecular weight excluding hydrogens is 218 g/mol. The second kappa shape index (κ2) is 4.11. The Morgan fingerprint density at radius 2 is 2.19 bits per heavy atom. The predicted octanol–water partition coefficient (Wildman–Crippen LogP) is 2.61. The van der Waals surface area contributed by atoms with Crippen molar-refractivity contribution in [1.82, 2.24) is 9.97 Å². The summed E-state index contributed by atoms with van der Waals surface area (Å²) < 4.78 is 1.19. The van der Waals surface area contributed by atoms with E-state index >= 15 is 0 Å². The molecule has 0 aliphatic rings. The van der Waals surface area contributed by atoms with Crippen LogP contribution in [0.5, 0.6) is 0 Å². The van der Waals surface area contributed by atoms with Gasteiger partial charge in [0.15, 0.2) is 0 Å². The van der Waals surface area contributed by atoms with Gasteiger partial charge in [-0.15, -0.1) is 11.3 Å². The highest BCUT2D eigenvalue weighted by atomic mass is 32.1. The highest BCUT2D eigenvalue weighted by molar-refractivity contribution is 7.18. The molecule has 0 aliphatic carbocycles. The van der Waals surface area contributed by atoms with Gasteiger partial charge in [0.25, 0.3) is 0 Å². The summed E-state index contributed by atoms with van der Waals surface area (Å²) in [5, 5.41) is 1.10. The Morgan fingerprint density at radius 3 is 2.81 bits per heavy atom. The summed E-state index contributed by atoms with van der Waals surface area (Å²) in [5.74, 6) is 0. The lowest BCUT2D eigenvalue weighted by molar-refractivity contribution is 0.318. The minimum Gasteiger partial charge on any atom is -0.327 e. The van der Waals surface area contributed by atoms with E-state index in [1.807, 2.05) is 6.07 Å². The van der Waals surface area contributed by atoms with Crippen molar-refractivity contribution in [2.75, 3.05) is 0 Å². The van der Waals surface area contributed by atoms with Gasteiger partial charge in [0, 0.05) is 18.7 Å². The van der Waals surface area contributed by atoms with E-state index in [-0.39, 0.29) is 11.5 Å². The number of fused-ring (bicyclic) bond motifs is 1. The van der Waals surface area contributed by atoms with Gasteiger partial charge in [0.1, 0.15) is 0 Å². The summed E-state index contributed by atoms with van der Waals surface area (Å²) in [6.07, 6.45) is 4.44. The van der Waals surface area contributed by atoms with Gasteiger partial charge in [0.05, 0.1) is 21.4 Å². The van der Waals surface area contributed by atoms with Crippen LogP contribution in [0.3, 0.4) is 0 Å². The molecule has 16 heavy (non-hydrogen) atoms. The van der Waals surface area contributed by atoms with Crippen molar-refractivity contribution in [3.8, 4) is 0 Å². The summed E-state index contributed by atoms with van der Waals surface area (Å²) >= 11 is 1.71. The molecule has 0 fully saturated rings. The third-order valence-corrected chi connectivity index (χ3v) is 3.80. The maximum absolute atomic E-state index is 6.16. The molecule has 2 aromatic heterocycles. The monoisotopic (exact) mass is 235 g/mol. The molecule has 0 aromatic carbocycles. The summed E-state index contributed by atoms with van der Waals surface area (Å²) in [6.45, 7) is 6.48. The van der Waals surface area contributed by atoms with E-state index in [0.29, 0.717) is 0 Å². The Bertz CT molecular complexity index is 451. The summed E-state index contributed by atoms with van der Waals surface area (Å²) in [4.78, 5) is 8.61. The highest BCUT2D eigenvalue weighted by Crippen LogP contribution is 2.25. The summed E-state index contributed by atoms with van der Waals surface area (Å²) in [5.41, 5.74) is 7.25. The molecule has 4 heteroatoms. The second-order valence-corrected chi connectivity index (χ2v) is 6.24. The fourth-order valence-electron chi connectivity index (χ4n) is 1.41. The molecule has 0 aliphatic heterocycles. The molecule has 3 nitrogen and oxygen atoms in total. The number of aromatic nitrogens is 2. The van der Waals surface area contributed by atoms with Crippen molar-refractivity contribution < 1.29 is 0 Å². The second-order valence-electron chi connectivity index (χ2n) is 5.13. The highest BCUT2D eigenvalue weighted by Gasteiger charge is 2.22. The van der Waals surface area contributed by atoms with Gasteiger partial charge >= 0.3 is 0 Å². The third-order valence-electron chi connectivity index (χ3n) is 2.74. The van der Waals surface area contributed by atoms with E-state index in [2.05, 4.69) is 30.7 Å². The fraction of sp³-hybridized carbons (Fsp3) is 0.500. The number of hydrogen-bond acceptors (Lipinski definition) is 4. The molecule has 0 amide bonds. The predicted molar refractivity (Wildman–Crippen MR) is 68.5 cm³/mol. The Hall–Kier alpha value is -1.00. The molecule has 0 saturated carbocycles. The van der Waals surface area contributed by atoms with Crippen molar-refractivity contribution in [1.29, 1.82) is 0 Å². The third kappa shape index (κ3) is 2.39. The maximum Gasteiger partial charge on any atom is 0.0998 e. The zero-order chi connectivity index (χ0) is 11.8. The van der Waals surface area contributed by atoms with Crippen LogP contribution < -0.4 is 5.73 Å². The zero-order valence-corrected chi connectivity index (χ0v) is 10.7. The fourth-order valence-corrected chi connectivity index (χ4v) is 2.40. The van der Waals surface area contributed by atoms with E-state index in [1.54, 1.807) is 23.7 Å². The van der Waals surface area contributed by atoms with Crippen molar-refractivity contribution in [2.24, 2.45) is 11.1 Å². The number of hydrogen-bond donors (Lipinski definition) is 1. The molecule has 2 N–H and O–H groups in total. The molecule has 0 bridgehead atoms. The van der Waals surface area contributed by atoms with Gasteiger partial charge < -0.3 is 5.73 Å². The number of nitrogens with zero attached hydrogens (tertiary/aromatic N) is 2. The molecule has 2 rings (SSSR count). The van der Waals surface area contributed by atoms with Crippen molar-refractivity contribution >= 4 is 21.6 Å². The van der Waals surface area contributed by atoms with Crippen molar-refractivity contribution in [2.45, 2.75) is 33.2 Å². The maximum atomic E-state index is 6.16. The Labute approximate surface area is 99.7 Å². The van der Waals surface area contributed by atoms with E-state index in [9.17, 15) is 0 Å². The molecule has 0 radical (unpaired) electrons. The van der Waals surface area contributed by atoms with E-state index < -0.39 is 0 Å². The lowest BCUT2D eigenvalue weighted by Gasteiger charge is -2.26. The molecule has 1 unspecified atom stereocenters. The number of pyridine rings is 1. The van der Waals surface area contributed by atoms with Crippen LogP contribution in [0.25, 0.3) is 10.2 Å². The van der Waals surface area contributed by atoms with Crippen LogP contribution in [-0.2, 0) is 6.42 Å². The standard InChI is InChI=1S/C12H17N3S/c1-12(2,3)10(13)6-11-15-8-7-14-5-4-9(8)16-11/h4-5,7,10H,6,13H2,1-3H3. The van der Waals surface area contributed by atoms with Gasteiger partial charge in [-0.1, -0.05) is 20.8 Å². The van der Waals surface area contributed by atoms with Gasteiger partial charge in [-0.3, -0.25) is 4.98 Å². The average Bonchev–Trinajstić information content (AvgIpc) is 2.58. The first kappa shape index (κ1) is 11.5. The first-order chi connectivity index (χ1) is 7.47. The SMILES string of the molecule is CC(C)(C)C(N)Cc1nc2cnccc2s1. The van der Waals surface area contributed by atoms with Crippen molar-refractivity contribution in [3.05, 3.63) is 23.5 Å². The minimum absolute atomic E-state index is 0.121. The van der Waals surface area contributed by atoms with Gasteiger partial charge in [-0.05, 0) is 11.5 Å². The molecule has 0 spiro atoms. The quantitative estimate of drug-likeness (QED) is 0.870. The molecule has 1 atom stereocenters. The summed E-state index contributed by atoms with van der Waals surface area (Å²) in [6, 6.07) is 2.14. The lowest BCUT2D eigenvalue weighted by Crippen LogP contribution is -2.36. The Balaban J connectivity index is 2.22. The van der Waals surface area contributed by atoms with Crippen LogP contribution in [0, 0.1) is 5.41 Å². The number of thiazole rings is 1. The van der Waals surface area contributed by atoms with E-state index in [1.165, 1.54) is 4.70 Å². The molecule has 86 valence electrons. The van der Waals surface area contributed by atoms with Crippen molar-refractivity contribution in [3.63, 3.8) is 0 Å².